The first-order valence-electron chi connectivity index (χ1n) is 10.1. The van der Waals surface area contributed by atoms with Gasteiger partial charge >= 0.3 is 6.03 Å². The molecule has 168 valence electrons. The van der Waals surface area contributed by atoms with Crippen LogP contribution < -0.4 is 10.1 Å². The number of hydrogen-bond donors (Lipinski definition) is 1. The molecule has 1 saturated heterocycles. The molecule has 0 aliphatic carbocycles. The summed E-state index contributed by atoms with van der Waals surface area (Å²) >= 11 is 15.6. The SMILES string of the molecule is Cc1ccc(CN2C(=O)N/C(=C/c3ccc(OCc4ccc(Cl)cc4Cl)c(Br)c3)C2=O)cc1. The van der Waals surface area contributed by atoms with Crippen molar-refractivity contribution in [2.75, 3.05) is 0 Å². The Balaban J connectivity index is 1.45. The fourth-order valence-electron chi connectivity index (χ4n) is 3.28. The molecule has 1 aliphatic heterocycles. The molecule has 3 aromatic rings. The molecule has 0 unspecified atom stereocenters. The van der Waals surface area contributed by atoms with Crippen LogP contribution in [0.25, 0.3) is 6.08 Å². The molecule has 1 heterocycles. The normalized spacial score (nSPS) is 14.7. The minimum absolute atomic E-state index is 0.214. The second-order valence-electron chi connectivity index (χ2n) is 7.58. The molecular formula is C25H19BrCl2N2O3. The number of ether oxygens (including phenoxy) is 1. The Kier molecular flexibility index (Phi) is 7.08. The monoisotopic (exact) mass is 544 g/mol. The van der Waals surface area contributed by atoms with Gasteiger partial charge in [0.15, 0.2) is 0 Å². The van der Waals surface area contributed by atoms with Gasteiger partial charge in [0.25, 0.3) is 5.91 Å². The molecule has 1 N–H and O–H groups in total. The van der Waals surface area contributed by atoms with Crippen LogP contribution in [0.3, 0.4) is 0 Å². The predicted molar refractivity (Wildman–Crippen MR) is 133 cm³/mol. The lowest BCUT2D eigenvalue weighted by Gasteiger charge is -2.12. The largest absolute Gasteiger partial charge is 0.488 e. The molecule has 1 aliphatic rings. The Morgan fingerprint density at radius 2 is 1.79 bits per heavy atom. The standard InChI is InChI=1S/C25H19BrCl2N2O3/c1-15-2-4-16(5-3-15)13-30-24(31)22(29-25(30)32)11-17-6-9-23(20(26)10-17)33-14-18-7-8-19(27)12-21(18)28/h2-12H,13-14H2,1H3,(H,29,32)/b22-11+. The van der Waals surface area contributed by atoms with Gasteiger partial charge in [-0.1, -0.05) is 65.2 Å². The topological polar surface area (TPSA) is 58.6 Å². The van der Waals surface area contributed by atoms with E-state index in [2.05, 4.69) is 21.2 Å². The first-order chi connectivity index (χ1) is 15.8. The Hall–Kier alpha value is -2.80. The number of rotatable bonds is 6. The lowest BCUT2D eigenvalue weighted by atomic mass is 10.1. The average molecular weight is 546 g/mol. The molecule has 8 heteroatoms. The summed E-state index contributed by atoms with van der Waals surface area (Å²) in [5.41, 5.74) is 3.77. The number of imide groups is 1. The van der Waals surface area contributed by atoms with Gasteiger partial charge < -0.3 is 10.1 Å². The van der Waals surface area contributed by atoms with Crippen molar-refractivity contribution in [3.63, 3.8) is 0 Å². The molecule has 4 rings (SSSR count). The number of amides is 3. The van der Waals surface area contributed by atoms with Gasteiger partial charge in [-0.15, -0.1) is 0 Å². The molecule has 1 fully saturated rings. The van der Waals surface area contributed by atoms with Crippen molar-refractivity contribution in [2.45, 2.75) is 20.1 Å². The molecule has 0 atom stereocenters. The van der Waals surface area contributed by atoms with Gasteiger partial charge in [-0.3, -0.25) is 9.69 Å². The predicted octanol–water partition coefficient (Wildman–Crippen LogP) is 6.74. The number of nitrogens with one attached hydrogen (secondary N) is 1. The minimum Gasteiger partial charge on any atom is -0.488 e. The van der Waals surface area contributed by atoms with Crippen LogP contribution >= 0.6 is 39.1 Å². The first-order valence-corrected chi connectivity index (χ1v) is 11.6. The summed E-state index contributed by atoms with van der Waals surface area (Å²) in [5, 5.41) is 3.75. The van der Waals surface area contributed by atoms with Crippen molar-refractivity contribution < 1.29 is 14.3 Å². The van der Waals surface area contributed by atoms with Gasteiger partial charge in [0.1, 0.15) is 18.1 Å². The van der Waals surface area contributed by atoms with E-state index in [0.29, 0.717) is 20.3 Å². The van der Waals surface area contributed by atoms with Crippen molar-refractivity contribution in [1.82, 2.24) is 10.2 Å². The maximum atomic E-state index is 12.8. The fraction of sp³-hybridized carbons (Fsp3) is 0.120. The summed E-state index contributed by atoms with van der Waals surface area (Å²) in [4.78, 5) is 26.3. The van der Waals surface area contributed by atoms with Crippen LogP contribution in [0.2, 0.25) is 10.0 Å². The molecule has 0 radical (unpaired) electrons. The molecule has 3 amide bonds. The van der Waals surface area contributed by atoms with Gasteiger partial charge in [0, 0.05) is 15.6 Å². The van der Waals surface area contributed by atoms with Crippen LogP contribution in [0.4, 0.5) is 4.79 Å². The zero-order valence-corrected chi connectivity index (χ0v) is 20.7. The maximum Gasteiger partial charge on any atom is 0.329 e. The summed E-state index contributed by atoms with van der Waals surface area (Å²) in [5.74, 6) is 0.250. The highest BCUT2D eigenvalue weighted by atomic mass is 79.9. The van der Waals surface area contributed by atoms with Crippen molar-refractivity contribution in [2.24, 2.45) is 0 Å². The van der Waals surface area contributed by atoms with Crippen LogP contribution in [0.15, 0.2) is 70.8 Å². The van der Waals surface area contributed by atoms with E-state index in [1.165, 1.54) is 4.90 Å². The lowest BCUT2D eigenvalue weighted by molar-refractivity contribution is -0.123. The summed E-state index contributed by atoms with van der Waals surface area (Å²) < 4.78 is 6.56. The molecule has 0 saturated carbocycles. The summed E-state index contributed by atoms with van der Waals surface area (Å²) in [7, 11) is 0. The smallest absolute Gasteiger partial charge is 0.329 e. The fourth-order valence-corrected chi connectivity index (χ4v) is 4.25. The number of urea groups is 1. The summed E-state index contributed by atoms with van der Waals surface area (Å²) in [6.45, 7) is 2.48. The van der Waals surface area contributed by atoms with E-state index in [9.17, 15) is 9.59 Å². The van der Waals surface area contributed by atoms with Crippen molar-refractivity contribution >= 4 is 57.1 Å². The third-order valence-electron chi connectivity index (χ3n) is 5.09. The molecule has 0 bridgehead atoms. The highest BCUT2D eigenvalue weighted by Crippen LogP contribution is 2.29. The number of halogens is 3. The number of benzene rings is 3. The van der Waals surface area contributed by atoms with Crippen LogP contribution in [0.5, 0.6) is 5.75 Å². The Bertz CT molecular complexity index is 1260. The zero-order valence-electron chi connectivity index (χ0n) is 17.6. The van der Waals surface area contributed by atoms with E-state index in [-0.39, 0.29) is 24.8 Å². The van der Waals surface area contributed by atoms with E-state index in [1.54, 1.807) is 30.3 Å². The van der Waals surface area contributed by atoms with E-state index < -0.39 is 6.03 Å². The third kappa shape index (κ3) is 5.58. The van der Waals surface area contributed by atoms with E-state index in [4.69, 9.17) is 27.9 Å². The van der Waals surface area contributed by atoms with Gasteiger partial charge in [-0.25, -0.2) is 4.79 Å². The second-order valence-corrected chi connectivity index (χ2v) is 9.28. The van der Waals surface area contributed by atoms with E-state index >= 15 is 0 Å². The molecule has 0 aromatic heterocycles. The van der Waals surface area contributed by atoms with Gasteiger partial charge in [-0.2, -0.15) is 0 Å². The number of hydrogen-bond acceptors (Lipinski definition) is 3. The first kappa shape index (κ1) is 23.4. The number of nitrogens with zero attached hydrogens (tertiary/aromatic N) is 1. The number of aryl methyl sites for hydroxylation is 1. The van der Waals surface area contributed by atoms with Crippen molar-refractivity contribution in [3.8, 4) is 5.75 Å². The zero-order chi connectivity index (χ0) is 23.5. The Labute approximate surface area is 210 Å². The van der Waals surface area contributed by atoms with Crippen LogP contribution in [0.1, 0.15) is 22.3 Å². The highest BCUT2D eigenvalue weighted by Gasteiger charge is 2.33. The van der Waals surface area contributed by atoms with Crippen molar-refractivity contribution in [3.05, 3.63) is 103 Å². The molecular weight excluding hydrogens is 527 g/mol. The number of carbonyl (C=O) groups is 2. The molecule has 0 spiro atoms. The quantitative estimate of drug-likeness (QED) is 0.276. The van der Waals surface area contributed by atoms with Gasteiger partial charge in [0.05, 0.1) is 11.0 Å². The Morgan fingerprint density at radius 1 is 1.03 bits per heavy atom. The third-order valence-corrected chi connectivity index (χ3v) is 6.30. The molecule has 3 aromatic carbocycles. The highest BCUT2D eigenvalue weighted by molar-refractivity contribution is 9.10. The van der Waals surface area contributed by atoms with Gasteiger partial charge in [-0.05, 0) is 64.3 Å². The van der Waals surface area contributed by atoms with Gasteiger partial charge in [0.2, 0.25) is 0 Å². The molecule has 33 heavy (non-hydrogen) atoms. The average Bonchev–Trinajstić information content (AvgIpc) is 3.03. The van der Waals surface area contributed by atoms with Crippen LogP contribution in [0, 0.1) is 6.92 Å². The van der Waals surface area contributed by atoms with E-state index in [0.717, 1.165) is 22.3 Å². The molecule has 5 nitrogen and oxygen atoms in total. The van der Waals surface area contributed by atoms with Crippen LogP contribution in [-0.2, 0) is 17.9 Å². The minimum atomic E-state index is -0.439. The summed E-state index contributed by atoms with van der Waals surface area (Å²) in [6.07, 6.45) is 1.64. The van der Waals surface area contributed by atoms with Crippen LogP contribution in [-0.4, -0.2) is 16.8 Å². The summed E-state index contributed by atoms with van der Waals surface area (Å²) in [6, 6.07) is 17.9. The Morgan fingerprint density at radius 3 is 2.48 bits per heavy atom. The van der Waals surface area contributed by atoms with Crippen molar-refractivity contribution in [1.29, 1.82) is 0 Å². The number of carbonyl (C=O) groups excluding carboxylic acids is 2. The maximum absolute atomic E-state index is 12.8. The van der Waals surface area contributed by atoms with E-state index in [1.807, 2.05) is 43.3 Å². The lowest BCUT2D eigenvalue weighted by Crippen LogP contribution is -2.30. The second kappa shape index (κ2) is 10.00.